The Morgan fingerprint density at radius 3 is 2.94 bits per heavy atom. The normalized spacial score (nSPS) is 30.4. The molecule has 3 atom stereocenters. The summed E-state index contributed by atoms with van der Waals surface area (Å²) < 4.78 is 1.94. The lowest BCUT2D eigenvalue weighted by Gasteiger charge is -2.27. The van der Waals surface area contributed by atoms with E-state index in [-0.39, 0.29) is 0 Å². The number of nitrogens with zero attached hydrogens (tertiary/aromatic N) is 3. The van der Waals surface area contributed by atoms with Gasteiger partial charge in [0.1, 0.15) is 5.82 Å². The number of nitrogens with two attached hydrogens (primary N) is 1. The third kappa shape index (κ3) is 2.53. The molecule has 0 aliphatic heterocycles. The highest BCUT2D eigenvalue weighted by Gasteiger charge is 2.39. The summed E-state index contributed by atoms with van der Waals surface area (Å²) in [5.41, 5.74) is 5.61. The summed E-state index contributed by atoms with van der Waals surface area (Å²) in [6.07, 6.45) is 7.93. The van der Waals surface area contributed by atoms with E-state index in [0.29, 0.717) is 5.82 Å². The SMILES string of the molecule is CN(CCn1ccc(N)n1)CC1CC2CCC1C2. The number of aromatic nitrogens is 2. The van der Waals surface area contributed by atoms with Crippen molar-refractivity contribution < 1.29 is 0 Å². The molecule has 2 aliphatic carbocycles. The lowest BCUT2D eigenvalue weighted by Crippen LogP contribution is -2.31. The van der Waals surface area contributed by atoms with E-state index in [9.17, 15) is 0 Å². The lowest BCUT2D eigenvalue weighted by molar-refractivity contribution is 0.213. The molecule has 0 aromatic carbocycles. The first-order valence-electron chi connectivity index (χ1n) is 7.18. The van der Waals surface area contributed by atoms with Crippen LogP contribution in [0.5, 0.6) is 0 Å². The van der Waals surface area contributed by atoms with Crippen LogP contribution in [-0.2, 0) is 6.54 Å². The molecule has 0 saturated heterocycles. The van der Waals surface area contributed by atoms with E-state index in [4.69, 9.17) is 5.73 Å². The maximum absolute atomic E-state index is 5.61. The number of hydrogen-bond donors (Lipinski definition) is 1. The molecule has 1 aromatic heterocycles. The molecule has 0 spiro atoms. The quantitative estimate of drug-likeness (QED) is 0.865. The second kappa shape index (κ2) is 4.92. The Balaban J connectivity index is 1.43. The summed E-state index contributed by atoms with van der Waals surface area (Å²) in [6, 6.07) is 1.86. The minimum absolute atomic E-state index is 0.616. The minimum atomic E-state index is 0.616. The molecule has 4 heteroatoms. The first-order chi connectivity index (χ1) is 8.70. The molecular weight excluding hydrogens is 224 g/mol. The summed E-state index contributed by atoms with van der Waals surface area (Å²) in [5.74, 6) is 3.65. The molecule has 0 radical (unpaired) electrons. The van der Waals surface area contributed by atoms with Gasteiger partial charge in [0.25, 0.3) is 0 Å². The number of likely N-dealkylation sites (N-methyl/N-ethyl adjacent to an activating group) is 1. The fourth-order valence-corrected chi connectivity index (χ4v) is 3.87. The molecule has 0 amide bonds. The number of fused-ring (bicyclic) bond motifs is 2. The third-order valence-electron chi connectivity index (χ3n) is 4.80. The number of rotatable bonds is 5. The molecule has 100 valence electrons. The van der Waals surface area contributed by atoms with Gasteiger partial charge in [-0.2, -0.15) is 5.10 Å². The van der Waals surface area contributed by atoms with Crippen LogP contribution >= 0.6 is 0 Å². The predicted molar refractivity (Wildman–Crippen MR) is 73.1 cm³/mol. The molecule has 3 rings (SSSR count). The van der Waals surface area contributed by atoms with Gasteiger partial charge in [0.2, 0.25) is 0 Å². The van der Waals surface area contributed by atoms with Crippen molar-refractivity contribution in [2.24, 2.45) is 17.8 Å². The van der Waals surface area contributed by atoms with Gasteiger partial charge in [0, 0.05) is 19.3 Å². The Hall–Kier alpha value is -1.03. The van der Waals surface area contributed by atoms with Crippen molar-refractivity contribution in [3.8, 4) is 0 Å². The van der Waals surface area contributed by atoms with Gasteiger partial charge in [0.15, 0.2) is 0 Å². The zero-order valence-electron chi connectivity index (χ0n) is 11.3. The van der Waals surface area contributed by atoms with E-state index in [1.165, 1.54) is 32.2 Å². The van der Waals surface area contributed by atoms with Crippen molar-refractivity contribution in [1.82, 2.24) is 14.7 Å². The van der Waals surface area contributed by atoms with Crippen molar-refractivity contribution in [2.45, 2.75) is 32.2 Å². The van der Waals surface area contributed by atoms with Gasteiger partial charge in [-0.25, -0.2) is 0 Å². The second-order valence-electron chi connectivity index (χ2n) is 6.20. The topological polar surface area (TPSA) is 47.1 Å². The van der Waals surface area contributed by atoms with Gasteiger partial charge in [-0.05, 0) is 50.1 Å². The maximum atomic E-state index is 5.61. The van der Waals surface area contributed by atoms with Gasteiger partial charge >= 0.3 is 0 Å². The average Bonchev–Trinajstić information content (AvgIpc) is 3.03. The van der Waals surface area contributed by atoms with Crippen molar-refractivity contribution in [3.63, 3.8) is 0 Å². The molecule has 2 saturated carbocycles. The smallest absolute Gasteiger partial charge is 0.145 e. The van der Waals surface area contributed by atoms with Crippen LogP contribution in [0.1, 0.15) is 25.7 Å². The summed E-state index contributed by atoms with van der Waals surface area (Å²) in [6.45, 7) is 3.27. The van der Waals surface area contributed by atoms with E-state index >= 15 is 0 Å². The number of anilines is 1. The Morgan fingerprint density at radius 1 is 1.44 bits per heavy atom. The van der Waals surface area contributed by atoms with Crippen molar-refractivity contribution in [1.29, 1.82) is 0 Å². The molecule has 18 heavy (non-hydrogen) atoms. The van der Waals surface area contributed by atoms with E-state index in [0.717, 1.165) is 30.8 Å². The summed E-state index contributed by atoms with van der Waals surface area (Å²) in [5, 5.41) is 4.22. The highest BCUT2D eigenvalue weighted by atomic mass is 15.3. The van der Waals surface area contributed by atoms with Gasteiger partial charge in [-0.3, -0.25) is 4.68 Å². The third-order valence-corrected chi connectivity index (χ3v) is 4.80. The maximum Gasteiger partial charge on any atom is 0.145 e. The molecular formula is C14H24N4. The first kappa shape index (κ1) is 12.0. The van der Waals surface area contributed by atoms with Crippen LogP contribution in [0.25, 0.3) is 0 Å². The molecule has 2 bridgehead atoms. The van der Waals surface area contributed by atoms with Crippen molar-refractivity contribution in [3.05, 3.63) is 12.3 Å². The van der Waals surface area contributed by atoms with Crippen LogP contribution in [-0.4, -0.2) is 34.8 Å². The van der Waals surface area contributed by atoms with Crippen LogP contribution in [0.4, 0.5) is 5.82 Å². The zero-order chi connectivity index (χ0) is 12.5. The van der Waals surface area contributed by atoms with E-state index in [1.807, 2.05) is 16.9 Å². The number of hydrogen-bond acceptors (Lipinski definition) is 3. The standard InChI is InChI=1S/C14H24N4/c1-17(6-7-18-5-4-14(15)16-18)10-13-9-11-2-3-12(13)8-11/h4-5,11-13H,2-3,6-10H2,1H3,(H2,15,16). The lowest BCUT2D eigenvalue weighted by atomic mass is 9.88. The fraction of sp³-hybridized carbons (Fsp3) is 0.786. The van der Waals surface area contributed by atoms with E-state index in [2.05, 4.69) is 17.0 Å². The van der Waals surface area contributed by atoms with E-state index in [1.54, 1.807) is 0 Å². The van der Waals surface area contributed by atoms with Crippen LogP contribution in [0.15, 0.2) is 12.3 Å². The van der Waals surface area contributed by atoms with Crippen molar-refractivity contribution >= 4 is 5.82 Å². The molecule has 4 nitrogen and oxygen atoms in total. The van der Waals surface area contributed by atoms with Crippen LogP contribution in [0.2, 0.25) is 0 Å². The van der Waals surface area contributed by atoms with Crippen molar-refractivity contribution in [2.75, 3.05) is 25.9 Å². The average molecular weight is 248 g/mol. The zero-order valence-corrected chi connectivity index (χ0v) is 11.3. The molecule has 1 aromatic rings. The minimum Gasteiger partial charge on any atom is -0.382 e. The van der Waals surface area contributed by atoms with Crippen LogP contribution in [0.3, 0.4) is 0 Å². The van der Waals surface area contributed by atoms with Crippen LogP contribution < -0.4 is 5.73 Å². The first-order valence-corrected chi connectivity index (χ1v) is 7.18. The highest BCUT2D eigenvalue weighted by Crippen LogP contribution is 2.48. The Kier molecular flexibility index (Phi) is 3.29. The number of nitrogen functional groups attached to an aromatic ring is 1. The fourth-order valence-electron chi connectivity index (χ4n) is 3.87. The van der Waals surface area contributed by atoms with Gasteiger partial charge in [-0.1, -0.05) is 6.42 Å². The molecule has 2 aliphatic rings. The van der Waals surface area contributed by atoms with Gasteiger partial charge < -0.3 is 10.6 Å². The van der Waals surface area contributed by atoms with Gasteiger partial charge in [-0.15, -0.1) is 0 Å². The molecule has 1 heterocycles. The second-order valence-corrected chi connectivity index (χ2v) is 6.20. The van der Waals surface area contributed by atoms with Crippen LogP contribution in [0, 0.1) is 17.8 Å². The Bertz CT molecular complexity index is 400. The van der Waals surface area contributed by atoms with E-state index < -0.39 is 0 Å². The monoisotopic (exact) mass is 248 g/mol. The Labute approximate surface area is 109 Å². The summed E-state index contributed by atoms with van der Waals surface area (Å²) >= 11 is 0. The summed E-state index contributed by atoms with van der Waals surface area (Å²) in [4.78, 5) is 2.46. The summed E-state index contributed by atoms with van der Waals surface area (Å²) in [7, 11) is 2.23. The highest BCUT2D eigenvalue weighted by molar-refractivity contribution is 5.23. The molecule has 2 fully saturated rings. The Morgan fingerprint density at radius 2 is 2.33 bits per heavy atom. The predicted octanol–water partition coefficient (Wildman–Crippen LogP) is 1.83. The molecule has 2 N–H and O–H groups in total. The largest absolute Gasteiger partial charge is 0.382 e. The molecule has 3 unspecified atom stereocenters. The van der Waals surface area contributed by atoms with Gasteiger partial charge in [0.05, 0.1) is 6.54 Å².